The highest BCUT2D eigenvalue weighted by Crippen LogP contribution is 2.16. The molecule has 0 aromatic carbocycles. The first-order valence-corrected chi connectivity index (χ1v) is 5.65. The molecule has 0 radical (unpaired) electrons. The maximum absolute atomic E-state index is 11.9. The van der Waals surface area contributed by atoms with Gasteiger partial charge in [0.05, 0.1) is 0 Å². The van der Waals surface area contributed by atoms with Crippen LogP contribution in [0.5, 0.6) is 0 Å². The van der Waals surface area contributed by atoms with Crippen molar-refractivity contribution < 1.29 is 10.0 Å². The van der Waals surface area contributed by atoms with Gasteiger partial charge in [-0.15, -0.1) is 0 Å². The maximum Gasteiger partial charge on any atom is 0.233 e. The highest BCUT2D eigenvalue weighted by molar-refractivity contribution is 6.05. The minimum absolute atomic E-state index is 0.0762. The fourth-order valence-corrected chi connectivity index (χ4v) is 1.23. The Balaban J connectivity index is 4.35. The van der Waals surface area contributed by atoms with Gasteiger partial charge in [0.25, 0.3) is 0 Å². The van der Waals surface area contributed by atoms with Gasteiger partial charge >= 0.3 is 0 Å². The summed E-state index contributed by atoms with van der Waals surface area (Å²) in [5, 5.41) is 14.3. The molecule has 0 aliphatic rings. The summed E-state index contributed by atoms with van der Waals surface area (Å²) in [6, 6.07) is 0.109. The van der Waals surface area contributed by atoms with Crippen molar-refractivity contribution in [2.45, 2.75) is 53.0 Å². The van der Waals surface area contributed by atoms with Crippen LogP contribution in [0.15, 0.2) is 5.16 Å². The molecule has 0 rings (SSSR count). The van der Waals surface area contributed by atoms with Crippen molar-refractivity contribution in [1.82, 2.24) is 5.32 Å². The number of rotatable bonds is 6. The summed E-state index contributed by atoms with van der Waals surface area (Å²) in [4.78, 5) is 11.9. The van der Waals surface area contributed by atoms with Crippen molar-refractivity contribution in [2.75, 3.05) is 0 Å². The minimum Gasteiger partial charge on any atom is -0.409 e. The summed E-state index contributed by atoms with van der Waals surface area (Å²) in [5.74, 6) is -0.293. The van der Waals surface area contributed by atoms with Crippen LogP contribution in [0, 0.1) is 5.41 Å². The highest BCUT2D eigenvalue weighted by Gasteiger charge is 2.33. The van der Waals surface area contributed by atoms with E-state index >= 15 is 0 Å². The lowest BCUT2D eigenvalue weighted by molar-refractivity contribution is -0.127. The zero-order chi connectivity index (χ0) is 12.8. The molecule has 0 aromatic heterocycles. The van der Waals surface area contributed by atoms with Crippen molar-refractivity contribution in [3.05, 3.63) is 0 Å². The number of nitrogens with one attached hydrogen (secondary N) is 1. The van der Waals surface area contributed by atoms with Gasteiger partial charge in [-0.05, 0) is 27.2 Å². The van der Waals surface area contributed by atoms with Gasteiger partial charge in [-0.25, -0.2) is 0 Å². The molecule has 0 saturated heterocycles. The average Bonchev–Trinajstić information content (AvgIpc) is 2.24. The molecule has 0 saturated carbocycles. The molecule has 0 fully saturated rings. The van der Waals surface area contributed by atoms with Gasteiger partial charge in [-0.3, -0.25) is 4.79 Å². The molecule has 16 heavy (non-hydrogen) atoms. The lowest BCUT2D eigenvalue weighted by Crippen LogP contribution is -2.48. The Labute approximate surface area is 97.1 Å². The van der Waals surface area contributed by atoms with Gasteiger partial charge in [0.1, 0.15) is 5.41 Å². The molecule has 5 nitrogen and oxygen atoms in total. The predicted molar refractivity (Wildman–Crippen MR) is 64.3 cm³/mol. The zero-order valence-corrected chi connectivity index (χ0v) is 10.6. The van der Waals surface area contributed by atoms with Gasteiger partial charge in [-0.2, -0.15) is 0 Å². The van der Waals surface area contributed by atoms with E-state index < -0.39 is 5.41 Å². The normalized spacial score (nSPS) is 14.6. The van der Waals surface area contributed by atoms with Gasteiger partial charge in [0, 0.05) is 6.04 Å². The smallest absolute Gasteiger partial charge is 0.233 e. The first-order chi connectivity index (χ1) is 7.36. The van der Waals surface area contributed by atoms with Crippen LogP contribution in [0.25, 0.3) is 0 Å². The lowest BCUT2D eigenvalue weighted by atomic mass is 9.90. The van der Waals surface area contributed by atoms with Gasteiger partial charge in [0.15, 0.2) is 5.84 Å². The fourth-order valence-electron chi connectivity index (χ4n) is 1.23. The Morgan fingerprint density at radius 3 is 2.56 bits per heavy atom. The van der Waals surface area contributed by atoms with Gasteiger partial charge in [0.2, 0.25) is 5.91 Å². The lowest BCUT2D eigenvalue weighted by Gasteiger charge is -2.24. The Kier molecular flexibility index (Phi) is 5.85. The fraction of sp³-hybridized carbons (Fsp3) is 0.818. The summed E-state index contributed by atoms with van der Waals surface area (Å²) < 4.78 is 0. The molecule has 0 aliphatic heterocycles. The topological polar surface area (TPSA) is 87.7 Å². The summed E-state index contributed by atoms with van der Waals surface area (Å²) in [7, 11) is 0. The molecule has 0 heterocycles. The second kappa shape index (κ2) is 6.35. The Morgan fingerprint density at radius 1 is 1.56 bits per heavy atom. The van der Waals surface area contributed by atoms with E-state index in [1.54, 1.807) is 13.8 Å². The number of unbranched alkanes of at least 4 members (excludes halogenated alkanes) is 1. The van der Waals surface area contributed by atoms with Gasteiger partial charge in [-0.1, -0.05) is 24.9 Å². The number of carbonyl (C=O) groups is 1. The third-order valence-electron chi connectivity index (χ3n) is 2.68. The number of hydrogen-bond donors (Lipinski definition) is 3. The number of oxime groups is 1. The Bertz CT molecular complexity index is 262. The molecule has 4 N–H and O–H groups in total. The molecule has 94 valence electrons. The van der Waals surface area contributed by atoms with Crippen molar-refractivity contribution in [3.63, 3.8) is 0 Å². The Morgan fingerprint density at radius 2 is 2.12 bits per heavy atom. The number of amides is 1. The van der Waals surface area contributed by atoms with E-state index in [4.69, 9.17) is 10.9 Å². The predicted octanol–water partition coefficient (Wildman–Crippen LogP) is 1.45. The monoisotopic (exact) mass is 229 g/mol. The molecule has 5 heteroatoms. The number of nitrogens with two attached hydrogens (primary N) is 1. The second-order valence-electron chi connectivity index (χ2n) is 4.63. The van der Waals surface area contributed by atoms with E-state index in [1.807, 2.05) is 6.92 Å². The molecule has 0 aromatic rings. The maximum atomic E-state index is 11.9. The van der Waals surface area contributed by atoms with Crippen LogP contribution in [0.3, 0.4) is 0 Å². The average molecular weight is 229 g/mol. The van der Waals surface area contributed by atoms with Crippen molar-refractivity contribution in [1.29, 1.82) is 0 Å². The summed E-state index contributed by atoms with van der Waals surface area (Å²) in [6.07, 6.45) is 3.11. The zero-order valence-electron chi connectivity index (χ0n) is 10.6. The third kappa shape index (κ3) is 4.08. The van der Waals surface area contributed by atoms with E-state index in [0.29, 0.717) is 0 Å². The van der Waals surface area contributed by atoms with E-state index in [2.05, 4.69) is 17.4 Å². The molecule has 1 unspecified atom stereocenters. The van der Waals surface area contributed by atoms with E-state index in [0.717, 1.165) is 19.3 Å². The molecular formula is C11H23N3O2. The van der Waals surface area contributed by atoms with Crippen LogP contribution in [0.1, 0.15) is 47.0 Å². The largest absolute Gasteiger partial charge is 0.409 e. The highest BCUT2D eigenvalue weighted by atomic mass is 16.4. The number of amidine groups is 1. The van der Waals surface area contributed by atoms with Crippen LogP contribution in [0.4, 0.5) is 0 Å². The van der Waals surface area contributed by atoms with Crippen LogP contribution in [-0.4, -0.2) is 23.0 Å². The van der Waals surface area contributed by atoms with E-state index in [1.165, 1.54) is 0 Å². The van der Waals surface area contributed by atoms with Crippen LogP contribution in [0.2, 0.25) is 0 Å². The first kappa shape index (κ1) is 14.7. The third-order valence-corrected chi connectivity index (χ3v) is 2.68. The molecule has 0 bridgehead atoms. The molecule has 1 atom stereocenters. The standard InChI is InChI=1S/C11H23N3O2/c1-5-6-7-8(2)13-10(15)11(3,4)9(12)14-16/h8,16H,5-7H2,1-4H3,(H2,12,14)(H,13,15). The Hall–Kier alpha value is -1.26. The van der Waals surface area contributed by atoms with E-state index in [9.17, 15) is 4.79 Å². The molecular weight excluding hydrogens is 206 g/mol. The number of hydrogen-bond acceptors (Lipinski definition) is 3. The number of carbonyl (C=O) groups excluding carboxylic acids is 1. The van der Waals surface area contributed by atoms with Crippen LogP contribution in [-0.2, 0) is 4.79 Å². The second-order valence-corrected chi connectivity index (χ2v) is 4.63. The SMILES string of the molecule is CCCCC(C)NC(=O)C(C)(C)C(N)=NO. The number of nitrogens with zero attached hydrogens (tertiary/aromatic N) is 1. The molecule has 0 spiro atoms. The molecule has 0 aliphatic carbocycles. The van der Waals surface area contributed by atoms with E-state index in [-0.39, 0.29) is 17.8 Å². The molecule has 1 amide bonds. The minimum atomic E-state index is -0.977. The first-order valence-electron chi connectivity index (χ1n) is 5.65. The summed E-state index contributed by atoms with van der Waals surface area (Å²) >= 11 is 0. The van der Waals surface area contributed by atoms with Crippen molar-refractivity contribution >= 4 is 11.7 Å². The van der Waals surface area contributed by atoms with Gasteiger partial charge < -0.3 is 16.3 Å². The van der Waals surface area contributed by atoms with Crippen molar-refractivity contribution in [3.8, 4) is 0 Å². The summed E-state index contributed by atoms with van der Waals surface area (Å²) in [5.41, 5.74) is 4.49. The van der Waals surface area contributed by atoms with Crippen molar-refractivity contribution in [2.24, 2.45) is 16.3 Å². The summed E-state index contributed by atoms with van der Waals surface area (Å²) in [6.45, 7) is 7.32. The van der Waals surface area contributed by atoms with Crippen LogP contribution >= 0.6 is 0 Å². The van der Waals surface area contributed by atoms with Crippen LogP contribution < -0.4 is 11.1 Å². The quantitative estimate of drug-likeness (QED) is 0.279.